The van der Waals surface area contributed by atoms with Crippen LogP contribution in [0.4, 0.5) is 4.79 Å². The van der Waals surface area contributed by atoms with Gasteiger partial charge in [-0.05, 0) is 63.3 Å². The molecule has 9 heteroatoms. The molecular weight excluding hydrogens is 478 g/mol. The van der Waals surface area contributed by atoms with Crippen LogP contribution in [0.3, 0.4) is 0 Å². The normalized spacial score (nSPS) is 12.7. The molecule has 2 unspecified atom stereocenters. The number of nitrogens with one attached hydrogen (secondary N) is 2. The summed E-state index contributed by atoms with van der Waals surface area (Å²) in [4.78, 5) is 41.0. The van der Waals surface area contributed by atoms with Crippen molar-refractivity contribution < 1.29 is 24.2 Å². The zero-order valence-electron chi connectivity index (χ0n) is 22.1. The summed E-state index contributed by atoms with van der Waals surface area (Å²) in [6, 6.07) is 4.90. The molecule has 0 radical (unpaired) electrons. The molecule has 2 atom stereocenters. The maximum atomic E-state index is 13.8. The second-order valence-electron chi connectivity index (χ2n) is 9.40. The topological polar surface area (TPSA) is 108 Å². The van der Waals surface area contributed by atoms with Gasteiger partial charge in [0.15, 0.2) is 0 Å². The van der Waals surface area contributed by atoms with Gasteiger partial charge < -0.3 is 25.4 Å². The number of aliphatic hydroxyl groups is 1. The summed E-state index contributed by atoms with van der Waals surface area (Å²) in [6.07, 6.45) is 9.80. The minimum absolute atomic E-state index is 0.0888. The number of hydrogen-bond donors (Lipinski definition) is 3. The van der Waals surface area contributed by atoms with Crippen molar-refractivity contribution in [1.29, 1.82) is 0 Å². The molecule has 1 aromatic carbocycles. The van der Waals surface area contributed by atoms with Gasteiger partial charge in [0, 0.05) is 18.7 Å². The summed E-state index contributed by atoms with van der Waals surface area (Å²) < 4.78 is 5.36. The number of hydrogen-bond acceptors (Lipinski definition) is 6. The fourth-order valence-corrected chi connectivity index (χ4v) is 4.01. The first-order chi connectivity index (χ1) is 17.1. The average Bonchev–Trinajstić information content (AvgIpc) is 2.83. The van der Waals surface area contributed by atoms with Crippen molar-refractivity contribution in [2.45, 2.75) is 71.1 Å². The fraction of sp³-hybridized carbons (Fsp3) is 0.593. The number of unbranched alkanes of at least 4 members (excludes halogenated alkanes) is 2. The molecule has 0 aliphatic rings. The number of benzene rings is 1. The number of nitrogens with zero attached hydrogens (tertiary/aromatic N) is 1. The maximum absolute atomic E-state index is 13.8. The van der Waals surface area contributed by atoms with Crippen molar-refractivity contribution in [2.24, 2.45) is 0 Å². The molecule has 0 fully saturated rings. The minimum atomic E-state index is -1.00. The Kier molecular flexibility index (Phi) is 14.0. The van der Waals surface area contributed by atoms with Gasteiger partial charge in [-0.25, -0.2) is 4.79 Å². The molecule has 0 saturated carbocycles. The van der Waals surface area contributed by atoms with Crippen LogP contribution < -0.4 is 10.6 Å². The summed E-state index contributed by atoms with van der Waals surface area (Å²) >= 11 is 1.53. The number of alkyl carbamates (subject to hydrolysis) is 1. The summed E-state index contributed by atoms with van der Waals surface area (Å²) in [7, 11) is 0. The highest BCUT2D eigenvalue weighted by Gasteiger charge is 2.35. The van der Waals surface area contributed by atoms with Gasteiger partial charge in [-0.3, -0.25) is 9.59 Å². The third-order valence-electron chi connectivity index (χ3n) is 5.26. The van der Waals surface area contributed by atoms with E-state index in [1.54, 1.807) is 45.0 Å². The second-order valence-corrected chi connectivity index (χ2v) is 10.4. The molecule has 8 nitrogen and oxygen atoms in total. The molecule has 0 aliphatic heterocycles. The summed E-state index contributed by atoms with van der Waals surface area (Å²) in [5.74, 6) is 2.31. The molecule has 200 valence electrons. The van der Waals surface area contributed by atoms with Gasteiger partial charge in [-0.2, -0.15) is 11.8 Å². The van der Waals surface area contributed by atoms with Crippen LogP contribution in [0.25, 0.3) is 0 Å². The zero-order chi connectivity index (χ0) is 27.1. The Hall–Kier alpha value is -2.70. The van der Waals surface area contributed by atoms with Gasteiger partial charge in [0.05, 0.1) is 6.61 Å². The molecule has 0 aliphatic carbocycles. The monoisotopic (exact) mass is 519 g/mol. The molecule has 0 aromatic heterocycles. The smallest absolute Gasteiger partial charge is 0.408 e. The lowest BCUT2D eigenvalue weighted by atomic mass is 10.0. The first kappa shape index (κ1) is 31.3. The number of aliphatic hydroxyl groups excluding tert-OH is 1. The highest BCUT2D eigenvalue weighted by Crippen LogP contribution is 2.24. The van der Waals surface area contributed by atoms with Gasteiger partial charge in [0.1, 0.15) is 17.7 Å². The lowest BCUT2D eigenvalue weighted by Gasteiger charge is -2.34. The molecule has 3 amide bonds. The van der Waals surface area contributed by atoms with Gasteiger partial charge in [0.2, 0.25) is 11.8 Å². The lowest BCUT2D eigenvalue weighted by molar-refractivity contribution is -0.143. The van der Waals surface area contributed by atoms with Crippen molar-refractivity contribution in [3.8, 4) is 12.3 Å². The van der Waals surface area contributed by atoms with E-state index in [-0.39, 0.29) is 19.1 Å². The second kappa shape index (κ2) is 16.1. The SMILES string of the molecule is C#Cc1ccc(C(C(=O)NCCCCC)N(CCO)C(=O)C(CCSC)NC(=O)OC(C)(C)C)cc1. The molecule has 1 rings (SSSR count). The van der Waals surface area contributed by atoms with E-state index in [1.807, 2.05) is 6.26 Å². The van der Waals surface area contributed by atoms with Crippen molar-refractivity contribution in [3.63, 3.8) is 0 Å². The molecule has 1 aromatic rings. The van der Waals surface area contributed by atoms with Gasteiger partial charge >= 0.3 is 6.09 Å². The molecule has 0 bridgehead atoms. The van der Waals surface area contributed by atoms with Crippen LogP contribution in [0, 0.1) is 12.3 Å². The number of carbonyl (C=O) groups is 3. The summed E-state index contributed by atoms with van der Waals surface area (Å²) in [6.45, 7) is 7.32. The number of thioether (sulfide) groups is 1. The number of carbonyl (C=O) groups excluding carboxylic acids is 3. The highest BCUT2D eigenvalue weighted by molar-refractivity contribution is 7.98. The van der Waals surface area contributed by atoms with Crippen LogP contribution in [-0.2, 0) is 14.3 Å². The maximum Gasteiger partial charge on any atom is 0.408 e. The first-order valence-corrected chi connectivity index (χ1v) is 13.7. The third-order valence-corrected chi connectivity index (χ3v) is 5.90. The minimum Gasteiger partial charge on any atom is -0.444 e. The lowest BCUT2D eigenvalue weighted by Crippen LogP contribution is -2.54. The molecule has 0 saturated heterocycles. The van der Waals surface area contributed by atoms with Crippen LogP contribution in [0.1, 0.15) is 70.5 Å². The number of terminal acetylenes is 1. The Labute approximate surface area is 219 Å². The highest BCUT2D eigenvalue weighted by atomic mass is 32.2. The van der Waals surface area contributed by atoms with Crippen LogP contribution in [0.15, 0.2) is 24.3 Å². The number of ether oxygens (including phenoxy) is 1. The Morgan fingerprint density at radius 1 is 1.19 bits per heavy atom. The zero-order valence-corrected chi connectivity index (χ0v) is 23.0. The van der Waals surface area contributed by atoms with Crippen LogP contribution in [0.2, 0.25) is 0 Å². The van der Waals surface area contributed by atoms with Crippen LogP contribution >= 0.6 is 11.8 Å². The van der Waals surface area contributed by atoms with Gasteiger partial charge in [-0.1, -0.05) is 37.8 Å². The average molecular weight is 520 g/mol. The van der Waals surface area contributed by atoms with E-state index < -0.39 is 29.7 Å². The Morgan fingerprint density at radius 2 is 1.86 bits per heavy atom. The number of amides is 3. The van der Waals surface area contributed by atoms with Crippen LogP contribution in [-0.4, -0.2) is 71.3 Å². The molecule has 0 heterocycles. The van der Waals surface area contributed by atoms with Crippen LogP contribution in [0.5, 0.6) is 0 Å². The van der Waals surface area contributed by atoms with E-state index in [2.05, 4.69) is 23.5 Å². The van der Waals surface area contributed by atoms with E-state index >= 15 is 0 Å². The standard InChI is InChI=1S/C27H41N3O5S/c1-7-9-10-16-28-24(32)23(21-13-11-20(8-2)12-14-21)30(17-18-31)25(33)22(15-19-36-6)29-26(34)35-27(3,4)5/h2,11-14,22-23,31H,7,9-10,15-19H2,1,3-6H3,(H,28,32)(H,29,34). The summed E-state index contributed by atoms with van der Waals surface area (Å²) in [5, 5.41) is 15.4. The van der Waals surface area contributed by atoms with Gasteiger partial charge in [0.25, 0.3) is 0 Å². The fourth-order valence-electron chi connectivity index (χ4n) is 3.54. The molecule has 3 N–H and O–H groups in total. The predicted molar refractivity (Wildman–Crippen MR) is 145 cm³/mol. The van der Waals surface area contributed by atoms with Crippen molar-refractivity contribution >= 4 is 29.7 Å². The Bertz CT molecular complexity index is 877. The van der Waals surface area contributed by atoms with Crippen molar-refractivity contribution in [3.05, 3.63) is 35.4 Å². The van der Waals surface area contributed by atoms with E-state index in [4.69, 9.17) is 11.2 Å². The van der Waals surface area contributed by atoms with Crippen molar-refractivity contribution in [1.82, 2.24) is 15.5 Å². The quantitative estimate of drug-likeness (QED) is 0.257. The van der Waals surface area contributed by atoms with E-state index in [0.29, 0.717) is 29.8 Å². The predicted octanol–water partition coefficient (Wildman–Crippen LogP) is 3.48. The molecular formula is C27H41N3O5S. The third kappa shape index (κ3) is 10.9. The van der Waals surface area contributed by atoms with E-state index in [9.17, 15) is 19.5 Å². The van der Waals surface area contributed by atoms with Crippen molar-refractivity contribution in [2.75, 3.05) is 31.7 Å². The largest absolute Gasteiger partial charge is 0.444 e. The molecule has 0 spiro atoms. The summed E-state index contributed by atoms with van der Waals surface area (Å²) in [5.41, 5.74) is 0.469. The Morgan fingerprint density at radius 3 is 2.39 bits per heavy atom. The van der Waals surface area contributed by atoms with Gasteiger partial charge in [-0.15, -0.1) is 6.42 Å². The first-order valence-electron chi connectivity index (χ1n) is 12.3. The van der Waals surface area contributed by atoms with E-state index in [0.717, 1.165) is 19.3 Å². The van der Waals surface area contributed by atoms with E-state index in [1.165, 1.54) is 16.7 Å². The molecule has 36 heavy (non-hydrogen) atoms. The Balaban J connectivity index is 3.34. The number of rotatable bonds is 14.